The van der Waals surface area contributed by atoms with Crippen LogP contribution in [0.4, 0.5) is 0 Å². The summed E-state index contributed by atoms with van der Waals surface area (Å²) in [5.74, 6) is 0.164. The predicted molar refractivity (Wildman–Crippen MR) is 106 cm³/mol. The molecule has 1 N–H and O–H groups in total. The maximum atomic E-state index is 11.3. The van der Waals surface area contributed by atoms with Crippen LogP contribution < -0.4 is 0 Å². The summed E-state index contributed by atoms with van der Waals surface area (Å²) in [7, 11) is 0. The third kappa shape index (κ3) is 3.29. The number of halogens is 1. The lowest BCUT2D eigenvalue weighted by Gasteiger charge is -2.55. The molecular formula is C22H33ClN2O2. The van der Waals surface area contributed by atoms with E-state index in [1.165, 1.54) is 0 Å². The summed E-state index contributed by atoms with van der Waals surface area (Å²) in [5.41, 5.74) is -1.57. The van der Waals surface area contributed by atoms with Crippen molar-refractivity contribution in [2.45, 2.75) is 101 Å². The Hall–Kier alpha value is -0.810. The Kier molecular flexibility index (Phi) is 5.13. The van der Waals surface area contributed by atoms with Gasteiger partial charge in [-0.25, -0.2) is 6.57 Å². The van der Waals surface area contributed by atoms with Gasteiger partial charge in [0.1, 0.15) is 6.10 Å². The first-order valence-electron chi connectivity index (χ1n) is 10.2. The molecule has 3 fully saturated rings. The molecule has 1 aliphatic heterocycles. The summed E-state index contributed by atoms with van der Waals surface area (Å²) in [5, 5.41) is 21.2. The quantitative estimate of drug-likeness (QED) is 0.534. The van der Waals surface area contributed by atoms with Gasteiger partial charge in [-0.05, 0) is 71.6 Å². The van der Waals surface area contributed by atoms with Crippen molar-refractivity contribution in [3.05, 3.63) is 11.4 Å². The van der Waals surface area contributed by atoms with Gasteiger partial charge < -0.3 is 14.7 Å². The van der Waals surface area contributed by atoms with E-state index in [9.17, 15) is 10.4 Å². The zero-order valence-corrected chi connectivity index (χ0v) is 18.0. The van der Waals surface area contributed by atoms with Gasteiger partial charge in [-0.2, -0.15) is 5.26 Å². The molecule has 150 valence electrons. The van der Waals surface area contributed by atoms with Crippen LogP contribution in [-0.4, -0.2) is 33.3 Å². The minimum Gasteiger partial charge on any atom is -0.384 e. The van der Waals surface area contributed by atoms with Crippen molar-refractivity contribution >= 4 is 11.6 Å². The Bertz CT molecular complexity index is 677. The van der Waals surface area contributed by atoms with Crippen LogP contribution in [0.15, 0.2) is 0 Å². The summed E-state index contributed by atoms with van der Waals surface area (Å²) in [4.78, 5) is 3.39. The number of fused-ring (bicyclic) bond motifs is 1. The van der Waals surface area contributed by atoms with Crippen molar-refractivity contribution in [1.29, 1.82) is 5.26 Å². The molecule has 0 aromatic rings. The van der Waals surface area contributed by atoms with Crippen molar-refractivity contribution in [3.63, 3.8) is 0 Å². The topological polar surface area (TPSA) is 57.6 Å². The second-order valence-electron chi connectivity index (χ2n) is 10.3. The first kappa shape index (κ1) is 20.9. The molecule has 0 bridgehead atoms. The average molecular weight is 393 g/mol. The molecular weight excluding hydrogens is 360 g/mol. The van der Waals surface area contributed by atoms with Gasteiger partial charge in [-0.3, -0.25) is 0 Å². The van der Waals surface area contributed by atoms with E-state index in [2.05, 4.69) is 17.8 Å². The number of aliphatic hydroxyl groups is 1. The molecule has 0 spiro atoms. The Labute approximate surface area is 169 Å². The third-order valence-electron chi connectivity index (χ3n) is 8.06. The molecule has 1 saturated heterocycles. The highest BCUT2D eigenvalue weighted by Crippen LogP contribution is 2.60. The van der Waals surface area contributed by atoms with Crippen LogP contribution in [0, 0.1) is 41.1 Å². The fraction of sp³-hybridized carbons (Fsp3) is 0.909. The van der Waals surface area contributed by atoms with Gasteiger partial charge in [0.05, 0.1) is 28.1 Å². The summed E-state index contributed by atoms with van der Waals surface area (Å²) in [6, 6.07) is 2.55. The number of nitriles is 1. The van der Waals surface area contributed by atoms with Gasteiger partial charge in [0.15, 0.2) is 0 Å². The normalized spacial score (nSPS) is 50.5. The molecule has 0 amide bonds. The Morgan fingerprint density at radius 3 is 2.30 bits per heavy atom. The lowest BCUT2D eigenvalue weighted by atomic mass is 9.49. The van der Waals surface area contributed by atoms with Crippen LogP contribution in [0.3, 0.4) is 0 Å². The summed E-state index contributed by atoms with van der Waals surface area (Å²) >= 11 is 6.55. The fourth-order valence-electron chi connectivity index (χ4n) is 6.09. The maximum absolute atomic E-state index is 11.3. The van der Waals surface area contributed by atoms with E-state index in [4.69, 9.17) is 22.9 Å². The summed E-state index contributed by atoms with van der Waals surface area (Å²) < 4.78 is 6.55. The number of aliphatic hydroxyl groups excluding tert-OH is 1. The van der Waals surface area contributed by atoms with Crippen molar-refractivity contribution in [1.82, 2.24) is 0 Å². The minimum absolute atomic E-state index is 0.0140. The molecule has 5 heteroatoms. The van der Waals surface area contributed by atoms with E-state index in [1.807, 2.05) is 27.7 Å². The minimum atomic E-state index is -0.771. The number of hydrogen-bond acceptors (Lipinski definition) is 3. The molecule has 2 aliphatic carbocycles. The number of alkyl halides is 1. The smallest absolute Gasteiger partial charge is 0.255 e. The summed E-state index contributed by atoms with van der Waals surface area (Å²) in [6.07, 6.45) is 4.22. The Balaban J connectivity index is 1.97. The number of hydrogen-bond donors (Lipinski definition) is 1. The zero-order valence-electron chi connectivity index (χ0n) is 17.3. The molecule has 0 radical (unpaired) electrons. The highest BCUT2D eigenvalue weighted by molar-refractivity contribution is 6.23. The largest absolute Gasteiger partial charge is 0.384 e. The molecule has 0 aromatic carbocycles. The van der Waals surface area contributed by atoms with Gasteiger partial charge in [0.2, 0.25) is 0 Å². The molecule has 2 saturated carbocycles. The second-order valence-corrected chi connectivity index (χ2v) is 11.3. The van der Waals surface area contributed by atoms with Crippen LogP contribution in [0.1, 0.15) is 73.1 Å². The second kappa shape index (κ2) is 6.62. The SMILES string of the molecule is [C-]#[N+][C@@]1(C)CC[C@H]2[C@@H](C([C@@]3(C)CCC(C(C)(C)Cl)O3)CC[C@]2(C)C#N)[C@@H]1O. The molecule has 3 aliphatic rings. The van der Waals surface area contributed by atoms with E-state index in [0.717, 1.165) is 32.1 Å². The van der Waals surface area contributed by atoms with Gasteiger partial charge in [-0.15, -0.1) is 11.6 Å². The molecule has 8 atom stereocenters. The highest BCUT2D eigenvalue weighted by atomic mass is 35.5. The molecule has 1 heterocycles. The fourth-order valence-corrected chi connectivity index (χ4v) is 6.24. The molecule has 2 unspecified atom stereocenters. The molecule has 3 rings (SSSR count). The van der Waals surface area contributed by atoms with Crippen LogP contribution in [-0.2, 0) is 4.74 Å². The number of nitrogens with zero attached hydrogens (tertiary/aromatic N) is 2. The standard InChI is InChI=1S/C22H33ClN2O2/c1-19(2,23)16-9-12-22(5,27-16)15-7-10-20(3,13-24)14-8-11-21(4,25-6)18(26)17(14)15/h14-18,26H,7-12H2,1-5H3/t14-,15?,16?,17-,18-,20+,21-,22+/m0/s1. The van der Waals surface area contributed by atoms with E-state index in [1.54, 1.807) is 0 Å². The zero-order chi connectivity index (χ0) is 20.3. The molecule has 0 aromatic heterocycles. The van der Waals surface area contributed by atoms with E-state index in [-0.39, 0.29) is 29.5 Å². The average Bonchev–Trinajstić information content (AvgIpc) is 3.02. The van der Waals surface area contributed by atoms with Crippen LogP contribution in [0.25, 0.3) is 4.85 Å². The van der Waals surface area contributed by atoms with Crippen LogP contribution in [0.2, 0.25) is 0 Å². The Morgan fingerprint density at radius 1 is 1.15 bits per heavy atom. The van der Waals surface area contributed by atoms with Gasteiger partial charge in [0, 0.05) is 19.3 Å². The van der Waals surface area contributed by atoms with Gasteiger partial charge in [0.25, 0.3) is 5.54 Å². The summed E-state index contributed by atoms with van der Waals surface area (Å²) in [6.45, 7) is 17.7. The number of ether oxygens (including phenoxy) is 1. The van der Waals surface area contributed by atoms with Gasteiger partial charge >= 0.3 is 0 Å². The lowest BCUT2D eigenvalue weighted by molar-refractivity contribution is -0.165. The molecule has 4 nitrogen and oxygen atoms in total. The van der Waals surface area contributed by atoms with Gasteiger partial charge in [-0.1, -0.05) is 0 Å². The molecule has 27 heavy (non-hydrogen) atoms. The van der Waals surface area contributed by atoms with E-state index >= 15 is 0 Å². The highest BCUT2D eigenvalue weighted by Gasteiger charge is 2.63. The number of rotatable bonds is 2. The predicted octanol–water partition coefficient (Wildman–Crippen LogP) is 4.95. The first-order valence-corrected chi connectivity index (χ1v) is 10.6. The van der Waals surface area contributed by atoms with E-state index < -0.39 is 21.9 Å². The van der Waals surface area contributed by atoms with Crippen molar-refractivity contribution < 1.29 is 9.84 Å². The first-order chi connectivity index (χ1) is 12.4. The van der Waals surface area contributed by atoms with Crippen LogP contribution in [0.5, 0.6) is 0 Å². The Morgan fingerprint density at radius 2 is 1.78 bits per heavy atom. The maximum Gasteiger partial charge on any atom is 0.255 e. The van der Waals surface area contributed by atoms with Crippen molar-refractivity contribution in [2.75, 3.05) is 0 Å². The third-order valence-corrected chi connectivity index (χ3v) is 8.30. The van der Waals surface area contributed by atoms with Crippen molar-refractivity contribution in [3.8, 4) is 6.07 Å². The monoisotopic (exact) mass is 392 g/mol. The lowest BCUT2D eigenvalue weighted by Crippen LogP contribution is -2.60. The van der Waals surface area contributed by atoms with Crippen molar-refractivity contribution in [2.24, 2.45) is 23.2 Å². The van der Waals surface area contributed by atoms with Crippen LogP contribution >= 0.6 is 11.6 Å². The van der Waals surface area contributed by atoms with E-state index in [0.29, 0.717) is 6.42 Å².